The fourth-order valence-corrected chi connectivity index (χ4v) is 0.965. The Kier molecular flexibility index (Phi) is 4.52. The van der Waals surface area contributed by atoms with Crippen LogP contribution in [0, 0.1) is 0 Å². The topological polar surface area (TPSA) is 39.9 Å². The Labute approximate surface area is 83.1 Å². The summed E-state index contributed by atoms with van der Waals surface area (Å²) in [5, 5.41) is 7.86. The van der Waals surface area contributed by atoms with Gasteiger partial charge in [-0.15, -0.1) is 5.10 Å². The van der Waals surface area contributed by atoms with Crippen LogP contribution in [0.2, 0.25) is 0 Å². The summed E-state index contributed by atoms with van der Waals surface area (Å²) in [6.45, 7) is 4.57. The molecule has 0 N–H and O–H groups in total. The number of nitrogens with zero attached hydrogens (tertiary/aromatic N) is 3. The first-order valence-electron chi connectivity index (χ1n) is 4.78. The van der Waals surface area contributed by atoms with Crippen molar-refractivity contribution in [3.8, 4) is 0 Å². The lowest BCUT2D eigenvalue weighted by Gasteiger charge is -2.01. The number of hydrogen-bond acceptors (Lipinski definition) is 3. The Bertz CT molecular complexity index is 262. The molecule has 80 valence electrons. The highest BCUT2D eigenvalue weighted by molar-refractivity contribution is 4.90. The molecule has 14 heavy (non-hydrogen) atoms. The highest BCUT2D eigenvalue weighted by Gasteiger charge is 2.02. The summed E-state index contributed by atoms with van der Waals surface area (Å²) in [6.07, 6.45) is 2.29. The summed E-state index contributed by atoms with van der Waals surface area (Å²) in [7, 11) is 0. The quantitative estimate of drug-likeness (QED) is 0.658. The normalized spacial score (nSPS) is 11.1. The fourth-order valence-electron chi connectivity index (χ4n) is 0.965. The molecule has 1 aromatic heterocycles. The molecule has 0 unspecified atom stereocenters. The van der Waals surface area contributed by atoms with Gasteiger partial charge in [-0.1, -0.05) is 5.21 Å². The van der Waals surface area contributed by atoms with Crippen LogP contribution in [0.3, 0.4) is 0 Å². The molecule has 0 spiro atoms. The maximum atomic E-state index is 11.7. The lowest BCUT2D eigenvalue weighted by molar-refractivity contribution is 0.111. The maximum absolute atomic E-state index is 11.7. The molecular formula is C9H16FN3O. The Hall–Kier alpha value is -0.970. The zero-order chi connectivity index (χ0) is 10.4. The van der Waals surface area contributed by atoms with Gasteiger partial charge in [-0.3, -0.25) is 4.39 Å². The molecule has 0 aliphatic heterocycles. The van der Waals surface area contributed by atoms with Gasteiger partial charge >= 0.3 is 0 Å². The van der Waals surface area contributed by atoms with E-state index >= 15 is 0 Å². The van der Waals surface area contributed by atoms with Crippen LogP contribution >= 0.6 is 0 Å². The Morgan fingerprint density at radius 3 is 2.93 bits per heavy atom. The van der Waals surface area contributed by atoms with Gasteiger partial charge in [-0.2, -0.15) is 0 Å². The van der Waals surface area contributed by atoms with E-state index in [4.69, 9.17) is 4.74 Å². The van der Waals surface area contributed by atoms with Gasteiger partial charge in [-0.05, 0) is 20.3 Å². The monoisotopic (exact) mass is 201 g/mol. The Morgan fingerprint density at radius 2 is 2.36 bits per heavy atom. The highest BCUT2D eigenvalue weighted by Crippen LogP contribution is 2.03. The molecule has 5 heteroatoms. The molecule has 0 radical (unpaired) electrons. The minimum absolute atomic E-state index is 0.307. The molecule has 0 fully saturated rings. The van der Waals surface area contributed by atoms with E-state index in [0.717, 1.165) is 5.69 Å². The van der Waals surface area contributed by atoms with Gasteiger partial charge in [0.15, 0.2) is 0 Å². The van der Waals surface area contributed by atoms with Crippen LogP contribution in [0.25, 0.3) is 0 Å². The van der Waals surface area contributed by atoms with Crippen molar-refractivity contribution in [1.29, 1.82) is 0 Å². The minimum atomic E-state index is -0.335. The van der Waals surface area contributed by atoms with Gasteiger partial charge in [-0.25, -0.2) is 4.68 Å². The van der Waals surface area contributed by atoms with Crippen LogP contribution in [-0.4, -0.2) is 28.3 Å². The molecular weight excluding hydrogens is 185 g/mol. The zero-order valence-electron chi connectivity index (χ0n) is 8.61. The first-order chi connectivity index (χ1) is 6.74. The van der Waals surface area contributed by atoms with Crippen molar-refractivity contribution in [2.45, 2.75) is 32.9 Å². The lowest BCUT2D eigenvalue weighted by Crippen LogP contribution is -2.00. The van der Waals surface area contributed by atoms with E-state index in [0.29, 0.717) is 25.7 Å². The van der Waals surface area contributed by atoms with Gasteiger partial charge in [0.25, 0.3) is 0 Å². The second-order valence-electron chi connectivity index (χ2n) is 3.38. The summed E-state index contributed by atoms with van der Waals surface area (Å²) in [4.78, 5) is 0. The number of ether oxygens (including phenoxy) is 1. The van der Waals surface area contributed by atoms with Crippen LogP contribution in [0.1, 0.15) is 32.0 Å². The molecule has 1 aromatic rings. The zero-order valence-corrected chi connectivity index (χ0v) is 8.61. The van der Waals surface area contributed by atoms with Crippen LogP contribution in [-0.2, 0) is 11.3 Å². The molecule has 0 saturated heterocycles. The number of halogens is 1. The summed E-state index contributed by atoms with van der Waals surface area (Å²) in [5.41, 5.74) is 0.789. The molecule has 1 rings (SSSR count). The van der Waals surface area contributed by atoms with Gasteiger partial charge in [0.05, 0.1) is 19.5 Å². The highest BCUT2D eigenvalue weighted by atomic mass is 19.1. The standard InChI is InChI=1S/C9H16FN3O/c1-8(2)13-6-9(11-12-13)7-14-5-3-4-10/h6,8H,3-5,7H2,1-2H3. The third kappa shape index (κ3) is 3.41. The maximum Gasteiger partial charge on any atom is 0.108 e. The molecule has 1 heterocycles. The second-order valence-corrected chi connectivity index (χ2v) is 3.38. The van der Waals surface area contributed by atoms with Crippen molar-refractivity contribution in [1.82, 2.24) is 15.0 Å². The first-order valence-corrected chi connectivity index (χ1v) is 4.78. The number of hydrogen-bond donors (Lipinski definition) is 0. The molecule has 0 atom stereocenters. The van der Waals surface area contributed by atoms with E-state index in [1.54, 1.807) is 4.68 Å². The fraction of sp³-hybridized carbons (Fsp3) is 0.778. The van der Waals surface area contributed by atoms with E-state index in [-0.39, 0.29) is 6.67 Å². The van der Waals surface area contributed by atoms with Crippen molar-refractivity contribution in [3.05, 3.63) is 11.9 Å². The van der Waals surface area contributed by atoms with E-state index in [1.807, 2.05) is 20.0 Å². The Balaban J connectivity index is 2.29. The van der Waals surface area contributed by atoms with Crippen LogP contribution in [0.5, 0.6) is 0 Å². The SMILES string of the molecule is CC(C)n1cc(COCCCF)nn1. The van der Waals surface area contributed by atoms with Crippen LogP contribution < -0.4 is 0 Å². The summed E-state index contributed by atoms with van der Waals surface area (Å²) in [5.74, 6) is 0. The molecule has 0 aliphatic carbocycles. The summed E-state index contributed by atoms with van der Waals surface area (Å²) < 4.78 is 18.7. The molecule has 0 aliphatic rings. The number of aromatic nitrogens is 3. The predicted molar refractivity (Wildman–Crippen MR) is 50.7 cm³/mol. The van der Waals surface area contributed by atoms with Gasteiger partial charge in [0, 0.05) is 12.6 Å². The van der Waals surface area contributed by atoms with E-state index in [1.165, 1.54) is 0 Å². The summed E-state index contributed by atoms with van der Waals surface area (Å²) in [6, 6.07) is 0.307. The lowest BCUT2D eigenvalue weighted by atomic mass is 10.4. The minimum Gasteiger partial charge on any atom is -0.375 e. The van der Waals surface area contributed by atoms with Crippen molar-refractivity contribution in [2.24, 2.45) is 0 Å². The third-order valence-corrected chi connectivity index (χ3v) is 1.76. The second kappa shape index (κ2) is 5.70. The molecule has 0 amide bonds. The van der Waals surface area contributed by atoms with E-state index in [2.05, 4.69) is 10.3 Å². The number of rotatable bonds is 6. The van der Waals surface area contributed by atoms with Crippen molar-refractivity contribution in [3.63, 3.8) is 0 Å². The van der Waals surface area contributed by atoms with Gasteiger partial charge < -0.3 is 4.74 Å². The molecule has 0 aromatic carbocycles. The molecule has 0 bridgehead atoms. The van der Waals surface area contributed by atoms with Crippen molar-refractivity contribution < 1.29 is 9.13 Å². The van der Waals surface area contributed by atoms with Crippen molar-refractivity contribution >= 4 is 0 Å². The average molecular weight is 201 g/mol. The molecule has 4 nitrogen and oxygen atoms in total. The Morgan fingerprint density at radius 1 is 1.57 bits per heavy atom. The average Bonchev–Trinajstić information content (AvgIpc) is 2.61. The van der Waals surface area contributed by atoms with E-state index in [9.17, 15) is 4.39 Å². The number of alkyl halides is 1. The molecule has 0 saturated carbocycles. The predicted octanol–water partition coefficient (Wildman–Crippen LogP) is 1.74. The largest absolute Gasteiger partial charge is 0.375 e. The van der Waals surface area contributed by atoms with Crippen LogP contribution in [0.4, 0.5) is 4.39 Å². The van der Waals surface area contributed by atoms with Crippen molar-refractivity contribution in [2.75, 3.05) is 13.3 Å². The smallest absolute Gasteiger partial charge is 0.108 e. The van der Waals surface area contributed by atoms with E-state index < -0.39 is 0 Å². The third-order valence-electron chi connectivity index (χ3n) is 1.76. The van der Waals surface area contributed by atoms with Gasteiger partial charge in [0.1, 0.15) is 5.69 Å². The van der Waals surface area contributed by atoms with Crippen LogP contribution in [0.15, 0.2) is 6.20 Å². The van der Waals surface area contributed by atoms with Gasteiger partial charge in [0.2, 0.25) is 0 Å². The first kappa shape index (κ1) is 11.1. The summed E-state index contributed by atoms with van der Waals surface area (Å²) >= 11 is 0.